The maximum atomic E-state index is 12.5. The fourth-order valence-corrected chi connectivity index (χ4v) is 3.42. The summed E-state index contributed by atoms with van der Waals surface area (Å²) in [6.07, 6.45) is 3.96. The summed E-state index contributed by atoms with van der Waals surface area (Å²) in [7, 11) is 0. The van der Waals surface area contributed by atoms with E-state index < -0.39 is 12.1 Å². The Bertz CT molecular complexity index is 756. The highest BCUT2D eigenvalue weighted by Crippen LogP contribution is 2.23. The number of nitrogens with one attached hydrogen (secondary N) is 1. The summed E-state index contributed by atoms with van der Waals surface area (Å²) in [5.41, 5.74) is 2.87. The lowest BCUT2D eigenvalue weighted by molar-refractivity contribution is -0.131. The van der Waals surface area contributed by atoms with Crippen molar-refractivity contribution in [2.45, 2.75) is 38.4 Å². The zero-order valence-electron chi connectivity index (χ0n) is 14.8. The number of carbonyl (C=O) groups excluding carboxylic acids is 2. The van der Waals surface area contributed by atoms with Crippen molar-refractivity contribution in [3.8, 4) is 11.3 Å². The van der Waals surface area contributed by atoms with Crippen molar-refractivity contribution in [3.63, 3.8) is 0 Å². The second-order valence-electron chi connectivity index (χ2n) is 6.40. The van der Waals surface area contributed by atoms with Gasteiger partial charge < -0.3 is 15.3 Å². The molecule has 2 atom stereocenters. The lowest BCUT2D eigenvalue weighted by Gasteiger charge is -2.23. The topological polar surface area (TPSA) is 87.5 Å². The molecule has 3 rings (SSSR count). The van der Waals surface area contributed by atoms with Crippen LogP contribution in [0.5, 0.6) is 0 Å². The highest BCUT2D eigenvalue weighted by atomic mass is 16.3. The van der Waals surface area contributed by atoms with Crippen LogP contribution in [-0.2, 0) is 16.1 Å². The van der Waals surface area contributed by atoms with Gasteiger partial charge in [-0.3, -0.25) is 14.3 Å². The number of carbonyl (C=O) groups is 2. The molecule has 1 aliphatic heterocycles. The first kappa shape index (κ1) is 18.1. The van der Waals surface area contributed by atoms with E-state index in [1.54, 1.807) is 6.20 Å². The molecule has 2 unspecified atom stereocenters. The van der Waals surface area contributed by atoms with Crippen molar-refractivity contribution in [2.75, 3.05) is 13.2 Å². The molecule has 0 radical (unpaired) electrons. The van der Waals surface area contributed by atoms with Gasteiger partial charge in [0.1, 0.15) is 6.04 Å². The van der Waals surface area contributed by atoms with Gasteiger partial charge >= 0.3 is 0 Å². The van der Waals surface area contributed by atoms with Crippen LogP contribution in [0.4, 0.5) is 0 Å². The first-order chi connectivity index (χ1) is 12.7. The van der Waals surface area contributed by atoms with Crippen LogP contribution in [-0.4, -0.2) is 51.3 Å². The average molecular weight is 356 g/mol. The van der Waals surface area contributed by atoms with Crippen molar-refractivity contribution in [1.29, 1.82) is 0 Å². The van der Waals surface area contributed by atoms with Crippen molar-refractivity contribution < 1.29 is 14.7 Å². The summed E-state index contributed by atoms with van der Waals surface area (Å²) in [5.74, 6) is -0.221. The Morgan fingerprint density at radius 3 is 2.81 bits per heavy atom. The molecule has 1 aromatic carbocycles. The van der Waals surface area contributed by atoms with E-state index >= 15 is 0 Å². The molecule has 2 N–H and O–H groups in total. The number of aromatic nitrogens is 2. The van der Waals surface area contributed by atoms with E-state index in [0.29, 0.717) is 13.0 Å². The smallest absolute Gasteiger partial charge is 0.243 e. The zero-order valence-corrected chi connectivity index (χ0v) is 14.8. The SMILES string of the molecule is CCn1nccc1-c1ccc(C(CO)NC(=O)C2CCCN2C=O)cc1. The number of amides is 2. The molecule has 0 saturated carbocycles. The van der Waals surface area contributed by atoms with Crippen LogP contribution < -0.4 is 5.32 Å². The van der Waals surface area contributed by atoms with Gasteiger partial charge in [-0.05, 0) is 37.0 Å². The molecule has 7 heteroatoms. The van der Waals surface area contributed by atoms with Gasteiger partial charge in [0.15, 0.2) is 0 Å². The van der Waals surface area contributed by atoms with Crippen molar-refractivity contribution in [3.05, 3.63) is 42.1 Å². The standard InChI is InChI=1S/C19H24N4O3/c1-2-23-17(9-10-20-23)15-7-5-14(6-8-15)16(12-24)21-19(26)18-4-3-11-22(18)13-25/h5-10,13,16,18,24H,2-4,11-12H2,1H3,(H,21,26). The van der Waals surface area contributed by atoms with Crippen LogP contribution in [0.2, 0.25) is 0 Å². The van der Waals surface area contributed by atoms with Crippen LogP contribution >= 0.6 is 0 Å². The van der Waals surface area contributed by atoms with Crippen LogP contribution in [0.1, 0.15) is 31.4 Å². The first-order valence-electron chi connectivity index (χ1n) is 8.92. The molecule has 2 amide bonds. The fraction of sp³-hybridized carbons (Fsp3) is 0.421. The van der Waals surface area contributed by atoms with E-state index in [1.807, 2.05) is 41.9 Å². The van der Waals surface area contributed by atoms with Gasteiger partial charge in [-0.2, -0.15) is 5.10 Å². The third kappa shape index (κ3) is 3.62. The van der Waals surface area contributed by atoms with E-state index in [4.69, 9.17) is 0 Å². The summed E-state index contributed by atoms with van der Waals surface area (Å²) in [4.78, 5) is 25.0. The first-order valence-corrected chi connectivity index (χ1v) is 8.92. The number of aliphatic hydroxyl groups excluding tert-OH is 1. The van der Waals surface area contributed by atoms with E-state index in [2.05, 4.69) is 10.4 Å². The third-order valence-corrected chi connectivity index (χ3v) is 4.86. The molecule has 138 valence electrons. The molecule has 1 fully saturated rings. The third-order valence-electron chi connectivity index (χ3n) is 4.86. The number of nitrogens with zero attached hydrogens (tertiary/aromatic N) is 3. The summed E-state index contributed by atoms with van der Waals surface area (Å²) >= 11 is 0. The maximum Gasteiger partial charge on any atom is 0.243 e. The normalized spacial score (nSPS) is 17.9. The molecule has 2 heterocycles. The number of aryl methyl sites for hydroxylation is 1. The van der Waals surface area contributed by atoms with Crippen LogP contribution in [0, 0.1) is 0 Å². The number of benzene rings is 1. The highest BCUT2D eigenvalue weighted by molar-refractivity contribution is 5.84. The number of rotatable bonds is 7. The zero-order chi connectivity index (χ0) is 18.5. The van der Waals surface area contributed by atoms with E-state index in [-0.39, 0.29) is 12.5 Å². The number of aliphatic hydroxyl groups is 1. The van der Waals surface area contributed by atoms with Crippen molar-refractivity contribution in [2.24, 2.45) is 0 Å². The van der Waals surface area contributed by atoms with Gasteiger partial charge in [-0.15, -0.1) is 0 Å². The van der Waals surface area contributed by atoms with Crippen LogP contribution in [0.15, 0.2) is 36.5 Å². The molecule has 1 aromatic heterocycles. The Hall–Kier alpha value is -2.67. The minimum absolute atomic E-state index is 0.203. The monoisotopic (exact) mass is 356 g/mol. The Morgan fingerprint density at radius 2 is 2.15 bits per heavy atom. The van der Waals surface area contributed by atoms with Gasteiger partial charge in [0.05, 0.1) is 18.3 Å². The second-order valence-corrected chi connectivity index (χ2v) is 6.40. The van der Waals surface area contributed by atoms with Crippen LogP contribution in [0.25, 0.3) is 11.3 Å². The summed E-state index contributed by atoms with van der Waals surface area (Å²) in [6, 6.07) is 8.73. The molecule has 26 heavy (non-hydrogen) atoms. The lowest BCUT2D eigenvalue weighted by atomic mass is 10.0. The molecule has 1 saturated heterocycles. The molecule has 1 aliphatic rings. The summed E-state index contributed by atoms with van der Waals surface area (Å²) in [6.45, 7) is 3.22. The minimum Gasteiger partial charge on any atom is -0.394 e. The lowest BCUT2D eigenvalue weighted by Crippen LogP contribution is -2.44. The van der Waals surface area contributed by atoms with E-state index in [9.17, 15) is 14.7 Å². The number of likely N-dealkylation sites (tertiary alicyclic amines) is 1. The van der Waals surface area contributed by atoms with Gasteiger partial charge in [0, 0.05) is 19.3 Å². The Balaban J connectivity index is 1.72. The molecule has 7 nitrogen and oxygen atoms in total. The van der Waals surface area contributed by atoms with Crippen molar-refractivity contribution >= 4 is 12.3 Å². The Labute approximate surface area is 152 Å². The highest BCUT2D eigenvalue weighted by Gasteiger charge is 2.30. The average Bonchev–Trinajstić information content (AvgIpc) is 3.34. The molecule has 0 aliphatic carbocycles. The largest absolute Gasteiger partial charge is 0.394 e. The quantitative estimate of drug-likeness (QED) is 0.733. The van der Waals surface area contributed by atoms with Crippen molar-refractivity contribution in [1.82, 2.24) is 20.0 Å². The summed E-state index contributed by atoms with van der Waals surface area (Å²) in [5, 5.41) is 16.8. The number of hydrogen-bond acceptors (Lipinski definition) is 4. The number of hydrogen-bond donors (Lipinski definition) is 2. The van der Waals surface area contributed by atoms with Gasteiger partial charge in [0.2, 0.25) is 12.3 Å². The molecular weight excluding hydrogens is 332 g/mol. The predicted molar refractivity (Wildman–Crippen MR) is 97.1 cm³/mol. The van der Waals surface area contributed by atoms with Gasteiger partial charge in [0.25, 0.3) is 0 Å². The molecule has 0 spiro atoms. The fourth-order valence-electron chi connectivity index (χ4n) is 3.42. The maximum absolute atomic E-state index is 12.5. The van der Waals surface area contributed by atoms with E-state index in [0.717, 1.165) is 36.2 Å². The Morgan fingerprint density at radius 1 is 1.38 bits per heavy atom. The summed E-state index contributed by atoms with van der Waals surface area (Å²) < 4.78 is 1.91. The molecule has 2 aromatic rings. The minimum atomic E-state index is -0.498. The second kappa shape index (κ2) is 8.14. The van der Waals surface area contributed by atoms with Gasteiger partial charge in [-0.1, -0.05) is 24.3 Å². The molecular formula is C19H24N4O3. The molecule has 0 bridgehead atoms. The Kier molecular flexibility index (Phi) is 5.68. The van der Waals surface area contributed by atoms with Crippen LogP contribution in [0.3, 0.4) is 0 Å². The predicted octanol–water partition coefficient (Wildman–Crippen LogP) is 1.34. The van der Waals surface area contributed by atoms with Gasteiger partial charge in [-0.25, -0.2) is 0 Å². The van der Waals surface area contributed by atoms with E-state index in [1.165, 1.54) is 4.90 Å².